The second-order valence-corrected chi connectivity index (χ2v) is 4.75. The van der Waals surface area contributed by atoms with Gasteiger partial charge in [-0.1, -0.05) is 6.58 Å². The zero-order valence-electron chi connectivity index (χ0n) is 10.9. The van der Waals surface area contributed by atoms with Crippen molar-refractivity contribution in [3.63, 3.8) is 0 Å². The molecular formula is C12H23NO3. The van der Waals surface area contributed by atoms with E-state index < -0.39 is 5.60 Å². The quantitative estimate of drug-likeness (QED) is 0.725. The van der Waals surface area contributed by atoms with Gasteiger partial charge in [-0.3, -0.25) is 4.79 Å². The Kier molecular flexibility index (Phi) is 5.68. The molecule has 0 atom stereocenters. The highest BCUT2D eigenvalue weighted by molar-refractivity contribution is 5.84. The van der Waals surface area contributed by atoms with Gasteiger partial charge in [0.1, 0.15) is 5.60 Å². The lowest BCUT2D eigenvalue weighted by atomic mass is 10.1. The molecule has 0 spiro atoms. The summed E-state index contributed by atoms with van der Waals surface area (Å²) in [5.74, 6) is -0.197. The molecule has 16 heavy (non-hydrogen) atoms. The van der Waals surface area contributed by atoms with Crippen molar-refractivity contribution in [2.24, 2.45) is 0 Å². The van der Waals surface area contributed by atoms with E-state index in [9.17, 15) is 4.79 Å². The van der Waals surface area contributed by atoms with Crippen LogP contribution in [0.25, 0.3) is 0 Å². The van der Waals surface area contributed by atoms with Crippen LogP contribution in [0.5, 0.6) is 0 Å². The maximum atomic E-state index is 11.6. The monoisotopic (exact) mass is 229 g/mol. The van der Waals surface area contributed by atoms with Gasteiger partial charge in [-0.15, -0.1) is 0 Å². The van der Waals surface area contributed by atoms with Crippen molar-refractivity contribution in [3.8, 4) is 0 Å². The molecule has 1 N–H and O–H groups in total. The van der Waals surface area contributed by atoms with Gasteiger partial charge in [0, 0.05) is 7.11 Å². The molecule has 0 saturated carbocycles. The van der Waals surface area contributed by atoms with Crippen LogP contribution >= 0.6 is 0 Å². The Labute approximate surface area is 98.0 Å². The molecule has 0 aliphatic rings. The molecule has 0 fully saturated rings. The third kappa shape index (κ3) is 5.28. The van der Waals surface area contributed by atoms with Crippen molar-refractivity contribution in [2.75, 3.05) is 13.7 Å². The lowest BCUT2D eigenvalue weighted by molar-refractivity contribution is -0.143. The number of methoxy groups -OCH3 is 1. The summed E-state index contributed by atoms with van der Waals surface area (Å²) in [6.07, 6.45) is 2.08. The average Bonchev–Trinajstić information content (AvgIpc) is 2.17. The summed E-state index contributed by atoms with van der Waals surface area (Å²) in [5, 5.41) is 2.52. The Morgan fingerprint density at radius 1 is 1.38 bits per heavy atom. The highest BCUT2D eigenvalue weighted by Gasteiger charge is 2.28. The number of carbonyl (C=O) groups excluding carboxylic acids is 1. The van der Waals surface area contributed by atoms with E-state index in [0.717, 1.165) is 6.42 Å². The van der Waals surface area contributed by atoms with Crippen LogP contribution in [0.15, 0.2) is 12.8 Å². The molecule has 0 aromatic heterocycles. The van der Waals surface area contributed by atoms with Gasteiger partial charge < -0.3 is 14.8 Å². The Morgan fingerprint density at radius 3 is 2.38 bits per heavy atom. The van der Waals surface area contributed by atoms with Gasteiger partial charge >= 0.3 is 0 Å². The molecule has 0 aromatic carbocycles. The molecule has 0 aliphatic carbocycles. The van der Waals surface area contributed by atoms with Crippen molar-refractivity contribution in [1.29, 1.82) is 0 Å². The highest BCUT2D eigenvalue weighted by Crippen LogP contribution is 2.16. The first-order valence-corrected chi connectivity index (χ1v) is 5.36. The molecule has 0 heterocycles. The summed E-state index contributed by atoms with van der Waals surface area (Å²) < 4.78 is 10.8. The topological polar surface area (TPSA) is 47.6 Å². The average molecular weight is 229 g/mol. The number of rotatable bonds is 7. The number of hydrogen-bond donors (Lipinski definition) is 1. The second kappa shape index (κ2) is 6.01. The number of ether oxygens (including phenoxy) is 2. The Morgan fingerprint density at radius 2 is 1.94 bits per heavy atom. The minimum Gasteiger partial charge on any atom is -0.379 e. The minimum atomic E-state index is -0.849. The van der Waals surface area contributed by atoms with Gasteiger partial charge in [0.2, 0.25) is 0 Å². The predicted octanol–water partition coefficient (Wildman–Crippen LogP) is 1.86. The van der Waals surface area contributed by atoms with E-state index in [1.807, 2.05) is 13.8 Å². The molecule has 0 aromatic rings. The summed E-state index contributed by atoms with van der Waals surface area (Å²) in [6.45, 7) is 11.3. The van der Waals surface area contributed by atoms with Crippen molar-refractivity contribution in [1.82, 2.24) is 5.32 Å². The fourth-order valence-corrected chi connectivity index (χ4v) is 0.986. The third-order valence-corrected chi connectivity index (χ3v) is 2.50. The molecule has 0 unspecified atom stereocenters. The smallest absolute Gasteiger partial charge is 0.255 e. The SMILES string of the molecule is C=CNC(=O)C(C)(C)OCCC(C)(C)OC. The summed E-state index contributed by atoms with van der Waals surface area (Å²) >= 11 is 0. The summed E-state index contributed by atoms with van der Waals surface area (Å²) in [5.41, 5.74) is -1.08. The largest absolute Gasteiger partial charge is 0.379 e. The van der Waals surface area contributed by atoms with Gasteiger partial charge in [0.05, 0.1) is 12.2 Å². The predicted molar refractivity (Wildman–Crippen MR) is 64.1 cm³/mol. The number of carbonyl (C=O) groups is 1. The van der Waals surface area contributed by atoms with E-state index in [1.165, 1.54) is 6.20 Å². The van der Waals surface area contributed by atoms with Crippen molar-refractivity contribution >= 4 is 5.91 Å². The molecule has 0 rings (SSSR count). The molecule has 4 heteroatoms. The zero-order valence-corrected chi connectivity index (χ0v) is 10.9. The standard InChI is InChI=1S/C12H23NO3/c1-7-13-10(14)12(4,5)16-9-8-11(2,3)15-6/h7H,1,8-9H2,2-6H3,(H,13,14). The fourth-order valence-electron chi connectivity index (χ4n) is 0.986. The minimum absolute atomic E-state index is 0.197. The molecular weight excluding hydrogens is 206 g/mol. The summed E-state index contributed by atoms with van der Waals surface area (Å²) in [6, 6.07) is 0. The molecule has 1 amide bonds. The van der Waals surface area contributed by atoms with E-state index in [-0.39, 0.29) is 11.5 Å². The van der Waals surface area contributed by atoms with Gasteiger partial charge in [0.15, 0.2) is 0 Å². The van der Waals surface area contributed by atoms with Crippen LogP contribution in [0.4, 0.5) is 0 Å². The summed E-state index contributed by atoms with van der Waals surface area (Å²) in [7, 11) is 1.66. The maximum absolute atomic E-state index is 11.6. The van der Waals surface area contributed by atoms with E-state index in [1.54, 1.807) is 21.0 Å². The molecule has 94 valence electrons. The first-order valence-electron chi connectivity index (χ1n) is 5.36. The van der Waals surface area contributed by atoms with Crippen LogP contribution in [0, 0.1) is 0 Å². The molecule has 0 saturated heterocycles. The van der Waals surface area contributed by atoms with Crippen LogP contribution in [0.1, 0.15) is 34.1 Å². The summed E-state index contributed by atoms with van der Waals surface area (Å²) in [4.78, 5) is 11.6. The number of hydrogen-bond acceptors (Lipinski definition) is 3. The lowest BCUT2D eigenvalue weighted by Gasteiger charge is -2.27. The Balaban J connectivity index is 4.09. The van der Waals surface area contributed by atoms with Crippen LogP contribution in [-0.4, -0.2) is 30.8 Å². The van der Waals surface area contributed by atoms with Gasteiger partial charge in [-0.2, -0.15) is 0 Å². The van der Waals surface area contributed by atoms with E-state index in [2.05, 4.69) is 11.9 Å². The zero-order chi connectivity index (χ0) is 12.8. The number of amides is 1. The first-order chi connectivity index (χ1) is 7.25. The van der Waals surface area contributed by atoms with Crippen molar-refractivity contribution in [3.05, 3.63) is 12.8 Å². The first kappa shape index (κ1) is 15.1. The van der Waals surface area contributed by atoms with Crippen LogP contribution in [-0.2, 0) is 14.3 Å². The molecule has 0 radical (unpaired) electrons. The Bertz CT molecular complexity index is 247. The fraction of sp³-hybridized carbons (Fsp3) is 0.750. The third-order valence-electron chi connectivity index (χ3n) is 2.50. The second-order valence-electron chi connectivity index (χ2n) is 4.75. The van der Waals surface area contributed by atoms with Crippen LogP contribution < -0.4 is 5.32 Å². The van der Waals surface area contributed by atoms with E-state index in [4.69, 9.17) is 9.47 Å². The van der Waals surface area contributed by atoms with Gasteiger partial charge in [0.25, 0.3) is 5.91 Å². The van der Waals surface area contributed by atoms with Gasteiger partial charge in [-0.05, 0) is 40.3 Å². The maximum Gasteiger partial charge on any atom is 0.255 e. The molecule has 0 aliphatic heterocycles. The van der Waals surface area contributed by atoms with Crippen molar-refractivity contribution < 1.29 is 14.3 Å². The highest BCUT2D eigenvalue weighted by atomic mass is 16.5. The van der Waals surface area contributed by atoms with Crippen LogP contribution in [0.2, 0.25) is 0 Å². The van der Waals surface area contributed by atoms with Crippen molar-refractivity contribution in [2.45, 2.75) is 45.3 Å². The normalized spacial score (nSPS) is 12.3. The number of nitrogens with one attached hydrogen (secondary N) is 1. The van der Waals surface area contributed by atoms with E-state index >= 15 is 0 Å². The van der Waals surface area contributed by atoms with E-state index in [0.29, 0.717) is 6.61 Å². The molecule has 4 nitrogen and oxygen atoms in total. The lowest BCUT2D eigenvalue weighted by Crippen LogP contribution is -2.43. The van der Waals surface area contributed by atoms with Gasteiger partial charge in [-0.25, -0.2) is 0 Å². The Hall–Kier alpha value is -0.870. The molecule has 0 bridgehead atoms. The van der Waals surface area contributed by atoms with Crippen LogP contribution in [0.3, 0.4) is 0 Å².